The van der Waals surface area contributed by atoms with E-state index in [9.17, 15) is 13.2 Å². The van der Waals surface area contributed by atoms with Crippen LogP contribution in [0.2, 0.25) is 0 Å². The summed E-state index contributed by atoms with van der Waals surface area (Å²) in [6, 6.07) is 10.3. The van der Waals surface area contributed by atoms with Crippen molar-refractivity contribution >= 4 is 27.5 Å². The van der Waals surface area contributed by atoms with Gasteiger partial charge < -0.3 is 9.26 Å². The van der Waals surface area contributed by atoms with Crippen LogP contribution in [0.25, 0.3) is 11.1 Å². The number of aryl methyl sites for hydroxylation is 3. The number of amides is 1. The maximum Gasteiger partial charge on any atom is 0.262 e. The fourth-order valence-corrected chi connectivity index (χ4v) is 4.59. The SMILES string of the molecule is CCc1noc(NC(C)=O)c1-c1ccc(C)c(S(=O)(=O)Nc2cc(C)ccc2OC)c1. The lowest BCUT2D eigenvalue weighted by atomic mass is 10.0. The Morgan fingerprint density at radius 1 is 1.16 bits per heavy atom. The Bertz CT molecular complexity index is 1230. The molecule has 0 radical (unpaired) electrons. The van der Waals surface area contributed by atoms with Gasteiger partial charge in [-0.3, -0.25) is 14.8 Å². The van der Waals surface area contributed by atoms with Gasteiger partial charge in [-0.25, -0.2) is 8.42 Å². The van der Waals surface area contributed by atoms with Gasteiger partial charge in [0.1, 0.15) is 5.75 Å². The molecule has 0 unspecified atom stereocenters. The number of aromatic nitrogens is 1. The minimum absolute atomic E-state index is 0.102. The predicted octanol–water partition coefficient (Wildman–Crippen LogP) is 4.29. The summed E-state index contributed by atoms with van der Waals surface area (Å²) in [5.74, 6) is 0.293. The summed E-state index contributed by atoms with van der Waals surface area (Å²) in [5, 5.41) is 6.62. The number of hydrogen-bond acceptors (Lipinski definition) is 6. The van der Waals surface area contributed by atoms with Gasteiger partial charge in [0.05, 0.1) is 29.0 Å². The predicted molar refractivity (Wildman–Crippen MR) is 119 cm³/mol. The number of nitrogens with zero attached hydrogens (tertiary/aromatic N) is 1. The molecule has 9 heteroatoms. The highest BCUT2D eigenvalue weighted by Crippen LogP contribution is 2.35. The lowest BCUT2D eigenvalue weighted by molar-refractivity contribution is -0.114. The quantitative estimate of drug-likeness (QED) is 0.564. The lowest BCUT2D eigenvalue weighted by Gasteiger charge is -2.15. The Morgan fingerprint density at radius 2 is 1.90 bits per heavy atom. The first-order valence-electron chi connectivity index (χ1n) is 9.71. The van der Waals surface area contributed by atoms with Crippen molar-refractivity contribution in [2.45, 2.75) is 39.0 Å². The maximum absolute atomic E-state index is 13.3. The molecule has 0 aliphatic rings. The molecule has 0 atom stereocenters. The van der Waals surface area contributed by atoms with Crippen LogP contribution in [0.4, 0.5) is 11.6 Å². The minimum Gasteiger partial charge on any atom is -0.495 e. The van der Waals surface area contributed by atoms with E-state index >= 15 is 0 Å². The van der Waals surface area contributed by atoms with E-state index in [1.807, 2.05) is 19.9 Å². The molecule has 164 valence electrons. The Kier molecular flexibility index (Phi) is 6.35. The van der Waals surface area contributed by atoms with E-state index in [1.165, 1.54) is 14.0 Å². The summed E-state index contributed by atoms with van der Waals surface area (Å²) in [6.45, 7) is 6.85. The van der Waals surface area contributed by atoms with E-state index in [4.69, 9.17) is 9.26 Å². The standard InChI is InChI=1S/C22H25N3O5S/c1-6-17-21(22(30-24-17)23-15(4)26)16-9-8-14(3)20(12-16)31(27,28)25-18-11-13(2)7-10-19(18)29-5/h7-12,25H,6H2,1-5H3,(H,23,26). The van der Waals surface area contributed by atoms with Crippen LogP contribution in [0.3, 0.4) is 0 Å². The summed E-state index contributed by atoms with van der Waals surface area (Å²) < 4.78 is 39.7. The second kappa shape index (κ2) is 8.81. The van der Waals surface area contributed by atoms with Crippen molar-refractivity contribution in [3.8, 4) is 16.9 Å². The smallest absolute Gasteiger partial charge is 0.262 e. The van der Waals surface area contributed by atoms with E-state index in [2.05, 4.69) is 15.2 Å². The van der Waals surface area contributed by atoms with Crippen LogP contribution in [0.15, 0.2) is 45.8 Å². The third kappa shape index (κ3) is 4.72. The fraction of sp³-hybridized carbons (Fsp3) is 0.273. The molecule has 1 heterocycles. The third-order valence-corrected chi connectivity index (χ3v) is 6.26. The zero-order chi connectivity index (χ0) is 22.8. The van der Waals surface area contributed by atoms with Crippen molar-refractivity contribution in [1.29, 1.82) is 0 Å². The number of hydrogen-bond donors (Lipinski definition) is 2. The van der Waals surface area contributed by atoms with Gasteiger partial charge in [0.25, 0.3) is 10.0 Å². The summed E-state index contributed by atoms with van der Waals surface area (Å²) in [7, 11) is -2.45. The molecule has 2 N–H and O–H groups in total. The molecule has 0 aliphatic heterocycles. The molecular formula is C22H25N3O5S. The monoisotopic (exact) mass is 443 g/mol. The van der Waals surface area contributed by atoms with Crippen LogP contribution in [-0.4, -0.2) is 26.6 Å². The molecule has 0 aliphatic carbocycles. The molecule has 31 heavy (non-hydrogen) atoms. The van der Waals surface area contributed by atoms with Gasteiger partial charge in [-0.1, -0.05) is 30.3 Å². The molecule has 0 saturated heterocycles. The van der Waals surface area contributed by atoms with Crippen molar-refractivity contribution in [3.63, 3.8) is 0 Å². The number of benzene rings is 2. The molecular weight excluding hydrogens is 418 g/mol. The number of carbonyl (C=O) groups excluding carboxylic acids is 1. The number of nitrogens with one attached hydrogen (secondary N) is 2. The van der Waals surface area contributed by atoms with Gasteiger partial charge in [-0.2, -0.15) is 0 Å². The average molecular weight is 444 g/mol. The largest absolute Gasteiger partial charge is 0.495 e. The van der Waals surface area contributed by atoms with Gasteiger partial charge in [-0.15, -0.1) is 0 Å². The highest BCUT2D eigenvalue weighted by atomic mass is 32.2. The van der Waals surface area contributed by atoms with E-state index in [0.717, 1.165) is 5.56 Å². The number of rotatable bonds is 7. The zero-order valence-electron chi connectivity index (χ0n) is 18.1. The normalized spacial score (nSPS) is 11.3. The molecule has 0 bridgehead atoms. The van der Waals surface area contributed by atoms with Crippen molar-refractivity contribution in [3.05, 3.63) is 53.2 Å². The Morgan fingerprint density at radius 3 is 2.55 bits per heavy atom. The molecule has 0 saturated carbocycles. The number of ether oxygens (including phenoxy) is 1. The Labute approximate surface area is 181 Å². The van der Waals surface area contributed by atoms with Crippen LogP contribution < -0.4 is 14.8 Å². The van der Waals surface area contributed by atoms with Crippen LogP contribution in [-0.2, 0) is 21.2 Å². The molecule has 2 aromatic carbocycles. The number of sulfonamides is 1. The molecule has 3 rings (SSSR count). The van der Waals surface area contributed by atoms with Gasteiger partial charge >= 0.3 is 0 Å². The molecule has 1 aromatic heterocycles. The van der Waals surface area contributed by atoms with Gasteiger partial charge in [0.2, 0.25) is 11.8 Å². The van der Waals surface area contributed by atoms with E-state index < -0.39 is 10.0 Å². The summed E-state index contributed by atoms with van der Waals surface area (Å²) in [4.78, 5) is 11.7. The van der Waals surface area contributed by atoms with Crippen molar-refractivity contribution in [2.24, 2.45) is 0 Å². The molecule has 3 aromatic rings. The van der Waals surface area contributed by atoms with Crippen molar-refractivity contribution in [1.82, 2.24) is 5.16 Å². The second-order valence-electron chi connectivity index (χ2n) is 7.16. The highest BCUT2D eigenvalue weighted by molar-refractivity contribution is 7.92. The highest BCUT2D eigenvalue weighted by Gasteiger charge is 2.23. The first-order valence-corrected chi connectivity index (χ1v) is 11.2. The van der Waals surface area contributed by atoms with Crippen LogP contribution in [0, 0.1) is 13.8 Å². The van der Waals surface area contributed by atoms with Crippen LogP contribution >= 0.6 is 0 Å². The van der Waals surface area contributed by atoms with Crippen LogP contribution in [0.1, 0.15) is 30.7 Å². The number of anilines is 2. The van der Waals surface area contributed by atoms with Crippen molar-refractivity contribution < 1.29 is 22.5 Å². The topological polar surface area (TPSA) is 111 Å². The zero-order valence-corrected chi connectivity index (χ0v) is 18.9. The number of carbonyl (C=O) groups is 1. The summed E-state index contributed by atoms with van der Waals surface area (Å²) in [5.41, 5.74) is 3.56. The second-order valence-corrected chi connectivity index (χ2v) is 8.81. The first-order chi connectivity index (χ1) is 14.7. The minimum atomic E-state index is -3.93. The van der Waals surface area contributed by atoms with Crippen LogP contribution in [0.5, 0.6) is 5.75 Å². The average Bonchev–Trinajstić information content (AvgIpc) is 3.10. The van der Waals surface area contributed by atoms with Gasteiger partial charge in [-0.05, 0) is 55.2 Å². The fourth-order valence-electron chi connectivity index (χ4n) is 3.25. The van der Waals surface area contributed by atoms with E-state index in [-0.39, 0.29) is 16.7 Å². The molecule has 0 fully saturated rings. The number of methoxy groups -OCH3 is 1. The Hall–Kier alpha value is -3.33. The Balaban J connectivity index is 2.09. The molecule has 8 nitrogen and oxygen atoms in total. The van der Waals surface area contributed by atoms with Gasteiger partial charge in [0.15, 0.2) is 0 Å². The summed E-state index contributed by atoms with van der Waals surface area (Å²) >= 11 is 0. The maximum atomic E-state index is 13.3. The summed E-state index contributed by atoms with van der Waals surface area (Å²) in [6.07, 6.45) is 0.549. The van der Waals surface area contributed by atoms with Gasteiger partial charge in [0, 0.05) is 6.92 Å². The van der Waals surface area contributed by atoms with Crippen molar-refractivity contribution in [2.75, 3.05) is 17.1 Å². The molecule has 0 spiro atoms. The van der Waals surface area contributed by atoms with E-state index in [0.29, 0.717) is 40.2 Å². The first kappa shape index (κ1) is 22.4. The molecule has 1 amide bonds. The van der Waals surface area contributed by atoms with E-state index in [1.54, 1.807) is 37.3 Å². The third-order valence-electron chi connectivity index (χ3n) is 4.75. The lowest BCUT2D eigenvalue weighted by Crippen LogP contribution is -2.15.